The van der Waals surface area contributed by atoms with Crippen molar-refractivity contribution in [3.63, 3.8) is 0 Å². The van der Waals surface area contributed by atoms with Gasteiger partial charge >= 0.3 is 5.97 Å². The smallest absolute Gasteiger partial charge is 0.331 e. The van der Waals surface area contributed by atoms with Crippen molar-refractivity contribution in [1.82, 2.24) is 0 Å². The second kappa shape index (κ2) is 8.66. The molecule has 0 aromatic heterocycles. The average molecular weight is 359 g/mol. The molecule has 6 nitrogen and oxygen atoms in total. The topological polar surface area (TPSA) is 84.9 Å². The van der Waals surface area contributed by atoms with E-state index in [9.17, 15) is 19.1 Å². The molecule has 0 saturated carbocycles. The maximum absolute atomic E-state index is 13.5. The van der Waals surface area contributed by atoms with Crippen molar-refractivity contribution in [3.8, 4) is 11.5 Å². The third-order valence-corrected chi connectivity index (χ3v) is 3.41. The maximum Gasteiger partial charge on any atom is 0.331 e. The molecule has 0 heterocycles. The number of para-hydroxylation sites is 1. The fourth-order valence-corrected chi connectivity index (χ4v) is 2.03. The predicted octanol–water partition coefficient (Wildman–Crippen LogP) is 3.12. The number of carbonyl (C=O) groups excluding carboxylic acids is 2. The van der Waals surface area contributed by atoms with Gasteiger partial charge in [-0.3, -0.25) is 4.79 Å². The molecule has 0 unspecified atom stereocenters. The number of methoxy groups -OCH3 is 1. The number of carbonyl (C=O) groups is 2. The fourth-order valence-electron chi connectivity index (χ4n) is 2.03. The van der Waals surface area contributed by atoms with E-state index in [4.69, 9.17) is 9.47 Å². The van der Waals surface area contributed by atoms with E-state index < -0.39 is 23.8 Å². The lowest BCUT2D eigenvalue weighted by Gasteiger charge is -2.12. The van der Waals surface area contributed by atoms with Gasteiger partial charge in [0.2, 0.25) is 0 Å². The van der Waals surface area contributed by atoms with Gasteiger partial charge in [0.25, 0.3) is 5.91 Å². The Bertz CT molecular complexity index is 834. The number of hydrogen-bond acceptors (Lipinski definition) is 5. The third-order valence-electron chi connectivity index (χ3n) is 3.41. The molecule has 0 saturated heterocycles. The van der Waals surface area contributed by atoms with Crippen LogP contribution in [-0.2, 0) is 14.3 Å². The van der Waals surface area contributed by atoms with E-state index in [1.807, 2.05) is 0 Å². The van der Waals surface area contributed by atoms with Crippen LogP contribution in [0.1, 0.15) is 12.5 Å². The zero-order valence-corrected chi connectivity index (χ0v) is 14.2. The molecule has 0 aliphatic rings. The van der Waals surface area contributed by atoms with Crippen molar-refractivity contribution in [2.75, 3.05) is 12.4 Å². The van der Waals surface area contributed by atoms with Crippen LogP contribution in [-0.4, -0.2) is 30.2 Å². The van der Waals surface area contributed by atoms with Crippen LogP contribution in [0.5, 0.6) is 11.5 Å². The van der Waals surface area contributed by atoms with E-state index in [1.165, 1.54) is 50.4 Å². The van der Waals surface area contributed by atoms with Gasteiger partial charge in [0, 0.05) is 6.08 Å². The summed E-state index contributed by atoms with van der Waals surface area (Å²) in [6.07, 6.45) is 1.48. The van der Waals surface area contributed by atoms with Gasteiger partial charge in [0.1, 0.15) is 5.82 Å². The largest absolute Gasteiger partial charge is 0.504 e. The highest BCUT2D eigenvalue weighted by Gasteiger charge is 2.17. The molecule has 2 aromatic carbocycles. The zero-order valence-electron chi connectivity index (χ0n) is 14.2. The van der Waals surface area contributed by atoms with Crippen LogP contribution >= 0.6 is 0 Å². The van der Waals surface area contributed by atoms with Crippen LogP contribution < -0.4 is 10.1 Å². The van der Waals surface area contributed by atoms with Gasteiger partial charge in [0.05, 0.1) is 12.8 Å². The van der Waals surface area contributed by atoms with Gasteiger partial charge in [-0.2, -0.15) is 0 Å². The van der Waals surface area contributed by atoms with Crippen molar-refractivity contribution >= 4 is 23.6 Å². The Labute approximate surface area is 149 Å². The summed E-state index contributed by atoms with van der Waals surface area (Å²) < 4.78 is 23.5. The van der Waals surface area contributed by atoms with E-state index >= 15 is 0 Å². The van der Waals surface area contributed by atoms with Crippen LogP contribution in [0.3, 0.4) is 0 Å². The molecule has 136 valence electrons. The molecule has 0 bridgehead atoms. The number of benzene rings is 2. The summed E-state index contributed by atoms with van der Waals surface area (Å²) >= 11 is 0. The maximum atomic E-state index is 13.5. The molecule has 0 aliphatic heterocycles. The standard InChI is InChI=1S/C19H18FNO5/c1-12(19(24)21-15-6-4-3-5-14(15)20)26-18(23)10-8-13-7-9-16(22)17(11-13)25-2/h3-12,22H,1-2H3,(H,21,24)/b10-8+/t12-/m0/s1. The van der Waals surface area contributed by atoms with Crippen molar-refractivity contribution in [3.05, 3.63) is 59.9 Å². The average Bonchev–Trinajstić information content (AvgIpc) is 2.62. The lowest BCUT2D eigenvalue weighted by molar-refractivity contribution is -0.148. The number of ether oxygens (including phenoxy) is 2. The van der Waals surface area contributed by atoms with Crippen molar-refractivity contribution in [2.45, 2.75) is 13.0 Å². The lowest BCUT2D eigenvalue weighted by Crippen LogP contribution is -2.29. The van der Waals surface area contributed by atoms with Crippen LogP contribution in [0, 0.1) is 5.82 Å². The van der Waals surface area contributed by atoms with E-state index in [0.29, 0.717) is 5.56 Å². The Morgan fingerprint density at radius 2 is 1.96 bits per heavy atom. The Morgan fingerprint density at radius 1 is 1.23 bits per heavy atom. The second-order valence-corrected chi connectivity index (χ2v) is 5.31. The molecule has 1 atom stereocenters. The van der Waals surface area contributed by atoms with Gasteiger partial charge in [-0.15, -0.1) is 0 Å². The van der Waals surface area contributed by atoms with E-state index in [0.717, 1.165) is 6.08 Å². The molecule has 2 aromatic rings. The van der Waals surface area contributed by atoms with Gasteiger partial charge in [-0.05, 0) is 42.8 Å². The highest BCUT2D eigenvalue weighted by atomic mass is 19.1. The lowest BCUT2D eigenvalue weighted by atomic mass is 10.2. The highest BCUT2D eigenvalue weighted by Crippen LogP contribution is 2.26. The minimum Gasteiger partial charge on any atom is -0.504 e. The second-order valence-electron chi connectivity index (χ2n) is 5.31. The Kier molecular flexibility index (Phi) is 6.32. The molecule has 0 radical (unpaired) electrons. The molecule has 2 rings (SSSR count). The van der Waals surface area contributed by atoms with Crippen LogP contribution in [0.25, 0.3) is 6.08 Å². The quantitative estimate of drug-likeness (QED) is 0.611. The van der Waals surface area contributed by atoms with E-state index in [-0.39, 0.29) is 17.2 Å². The van der Waals surface area contributed by atoms with E-state index in [2.05, 4.69) is 5.32 Å². The molecule has 7 heteroatoms. The first kappa shape index (κ1) is 19.0. The summed E-state index contributed by atoms with van der Waals surface area (Å²) in [5.74, 6) is -1.74. The number of anilines is 1. The zero-order chi connectivity index (χ0) is 19.1. The molecule has 0 fully saturated rings. The first-order valence-electron chi connectivity index (χ1n) is 7.72. The summed E-state index contributed by atoms with van der Waals surface area (Å²) in [6, 6.07) is 10.2. The van der Waals surface area contributed by atoms with Crippen molar-refractivity contribution in [2.24, 2.45) is 0 Å². The normalized spacial score (nSPS) is 11.8. The minimum atomic E-state index is -1.11. The fraction of sp³-hybridized carbons (Fsp3) is 0.158. The number of hydrogen-bond donors (Lipinski definition) is 2. The van der Waals surface area contributed by atoms with Crippen LogP contribution in [0.2, 0.25) is 0 Å². The molecular weight excluding hydrogens is 341 g/mol. The number of phenols is 1. The first-order chi connectivity index (χ1) is 12.4. The molecule has 0 aliphatic carbocycles. The predicted molar refractivity (Wildman–Crippen MR) is 94.3 cm³/mol. The van der Waals surface area contributed by atoms with Gasteiger partial charge in [-0.25, -0.2) is 9.18 Å². The molecule has 1 amide bonds. The van der Waals surface area contributed by atoms with Gasteiger partial charge < -0.3 is 19.9 Å². The number of amides is 1. The number of phenolic OH excluding ortho intramolecular Hbond substituents is 1. The number of rotatable bonds is 6. The third kappa shape index (κ3) is 5.07. The molecular formula is C19H18FNO5. The van der Waals surface area contributed by atoms with Crippen LogP contribution in [0.4, 0.5) is 10.1 Å². The van der Waals surface area contributed by atoms with Crippen molar-refractivity contribution in [1.29, 1.82) is 0 Å². The number of halogens is 1. The Hall–Kier alpha value is -3.35. The molecule has 2 N–H and O–H groups in total. The summed E-state index contributed by atoms with van der Waals surface area (Å²) in [7, 11) is 1.41. The van der Waals surface area contributed by atoms with Crippen LogP contribution in [0.15, 0.2) is 48.5 Å². The Morgan fingerprint density at radius 3 is 2.65 bits per heavy atom. The number of esters is 1. The van der Waals surface area contributed by atoms with Gasteiger partial charge in [0.15, 0.2) is 17.6 Å². The highest BCUT2D eigenvalue weighted by molar-refractivity contribution is 5.96. The number of nitrogens with one attached hydrogen (secondary N) is 1. The van der Waals surface area contributed by atoms with Crippen molar-refractivity contribution < 1.29 is 28.6 Å². The monoisotopic (exact) mass is 359 g/mol. The summed E-state index contributed by atoms with van der Waals surface area (Å²) in [5.41, 5.74) is 0.604. The molecule has 0 spiro atoms. The van der Waals surface area contributed by atoms with E-state index in [1.54, 1.807) is 12.1 Å². The van der Waals surface area contributed by atoms with Gasteiger partial charge in [-0.1, -0.05) is 18.2 Å². The Balaban J connectivity index is 1.94. The summed E-state index contributed by atoms with van der Waals surface area (Å²) in [4.78, 5) is 23.8. The summed E-state index contributed by atoms with van der Waals surface area (Å²) in [5, 5.41) is 11.9. The number of aromatic hydroxyl groups is 1. The first-order valence-corrected chi connectivity index (χ1v) is 7.72. The SMILES string of the molecule is COc1cc(/C=C/C(=O)O[C@@H](C)C(=O)Nc2ccccc2F)ccc1O. The minimum absolute atomic E-state index is 0.00660. The summed E-state index contributed by atoms with van der Waals surface area (Å²) in [6.45, 7) is 1.38. The molecule has 26 heavy (non-hydrogen) atoms.